The van der Waals surface area contributed by atoms with Gasteiger partial charge in [-0.1, -0.05) is 23.7 Å². The van der Waals surface area contributed by atoms with Crippen LogP contribution in [0.15, 0.2) is 24.3 Å². The van der Waals surface area contributed by atoms with Gasteiger partial charge in [0.25, 0.3) is 0 Å². The van der Waals surface area contributed by atoms with E-state index in [-0.39, 0.29) is 18.1 Å². The van der Waals surface area contributed by atoms with Gasteiger partial charge in [-0.3, -0.25) is 14.3 Å². The molecule has 1 aromatic rings. The van der Waals surface area contributed by atoms with E-state index in [1.165, 1.54) is 0 Å². The summed E-state index contributed by atoms with van der Waals surface area (Å²) in [6.45, 7) is 2.46. The van der Waals surface area contributed by atoms with Gasteiger partial charge < -0.3 is 4.90 Å². The summed E-state index contributed by atoms with van der Waals surface area (Å²) in [4.78, 5) is 14.0. The fourth-order valence-electron chi connectivity index (χ4n) is 2.40. The van der Waals surface area contributed by atoms with Crippen LogP contribution in [0.1, 0.15) is 25.1 Å². The molecule has 0 saturated carbocycles. The lowest BCUT2D eigenvalue weighted by atomic mass is 10.1. The van der Waals surface area contributed by atoms with Gasteiger partial charge >= 0.3 is 0 Å². The van der Waals surface area contributed by atoms with Gasteiger partial charge in [0.2, 0.25) is 5.91 Å². The molecule has 6 heteroatoms. The predicted molar refractivity (Wildman–Crippen MR) is 82.1 cm³/mol. The van der Waals surface area contributed by atoms with E-state index in [2.05, 4.69) is 5.32 Å². The van der Waals surface area contributed by atoms with Crippen LogP contribution in [-0.2, 0) is 15.6 Å². The zero-order chi connectivity index (χ0) is 14.7. The van der Waals surface area contributed by atoms with Gasteiger partial charge in [0, 0.05) is 34.4 Å². The molecule has 0 aromatic heterocycles. The number of nitrogens with zero attached hydrogens (tertiary/aromatic N) is 1. The van der Waals surface area contributed by atoms with Crippen molar-refractivity contribution < 1.29 is 9.00 Å². The Hall–Kier alpha value is -0.910. The van der Waals surface area contributed by atoms with Crippen molar-refractivity contribution >= 4 is 28.3 Å². The van der Waals surface area contributed by atoms with Gasteiger partial charge in [0.1, 0.15) is 6.17 Å². The van der Waals surface area contributed by atoms with Gasteiger partial charge in [-0.2, -0.15) is 0 Å². The van der Waals surface area contributed by atoms with Crippen molar-refractivity contribution in [2.75, 3.05) is 18.6 Å². The monoisotopic (exact) mass is 314 g/mol. The normalized spacial score (nSPS) is 24.1. The molecule has 1 amide bonds. The van der Waals surface area contributed by atoms with E-state index in [4.69, 9.17) is 11.6 Å². The first kappa shape index (κ1) is 15.5. The van der Waals surface area contributed by atoms with E-state index < -0.39 is 10.8 Å². The van der Waals surface area contributed by atoms with Gasteiger partial charge in [0.15, 0.2) is 0 Å². The molecule has 1 aromatic carbocycles. The third kappa shape index (κ3) is 3.59. The molecule has 1 N–H and O–H groups in total. The summed E-state index contributed by atoms with van der Waals surface area (Å²) >= 11 is 6.02. The maximum absolute atomic E-state index is 12.2. The predicted octanol–water partition coefficient (Wildman–Crippen LogP) is 1.93. The van der Waals surface area contributed by atoms with Crippen molar-refractivity contribution in [1.82, 2.24) is 10.2 Å². The van der Waals surface area contributed by atoms with Crippen molar-refractivity contribution in [3.63, 3.8) is 0 Å². The van der Waals surface area contributed by atoms with Crippen molar-refractivity contribution in [2.24, 2.45) is 0 Å². The van der Waals surface area contributed by atoms with Crippen molar-refractivity contribution in [3.8, 4) is 0 Å². The number of rotatable bonds is 5. The van der Waals surface area contributed by atoms with Crippen LogP contribution >= 0.6 is 11.6 Å². The number of amides is 1. The van der Waals surface area contributed by atoms with Crippen LogP contribution in [0, 0.1) is 0 Å². The summed E-state index contributed by atoms with van der Waals surface area (Å²) in [6, 6.07) is 7.32. The summed E-state index contributed by atoms with van der Waals surface area (Å²) in [7, 11) is -0.824. The highest BCUT2D eigenvalue weighted by molar-refractivity contribution is 7.84. The van der Waals surface area contributed by atoms with E-state index in [0.29, 0.717) is 17.3 Å². The molecule has 20 heavy (non-hydrogen) atoms. The Morgan fingerprint density at radius 1 is 1.45 bits per heavy atom. The fourth-order valence-corrected chi connectivity index (χ4v) is 3.14. The highest BCUT2D eigenvalue weighted by Crippen LogP contribution is 2.27. The molecular weight excluding hydrogens is 296 g/mol. The highest BCUT2D eigenvalue weighted by atomic mass is 35.5. The summed E-state index contributed by atoms with van der Waals surface area (Å²) < 4.78 is 11.1. The average Bonchev–Trinajstić information content (AvgIpc) is 2.66. The fraction of sp³-hybridized carbons (Fsp3) is 0.500. The number of nitrogens with one attached hydrogen (secondary N) is 1. The minimum Gasteiger partial charge on any atom is -0.322 e. The Balaban J connectivity index is 2.13. The Labute approximate surface area is 126 Å². The van der Waals surface area contributed by atoms with E-state index >= 15 is 0 Å². The number of benzene rings is 1. The van der Waals surface area contributed by atoms with E-state index in [1.54, 1.807) is 6.26 Å². The third-order valence-corrected chi connectivity index (χ3v) is 4.47. The molecule has 110 valence electrons. The van der Waals surface area contributed by atoms with Crippen LogP contribution in [-0.4, -0.2) is 39.6 Å². The minimum absolute atomic E-state index is 0.0804. The Morgan fingerprint density at radius 2 is 2.20 bits per heavy atom. The summed E-state index contributed by atoms with van der Waals surface area (Å²) in [5.41, 5.74) is 0.979. The lowest BCUT2D eigenvalue weighted by Crippen LogP contribution is -2.32. The van der Waals surface area contributed by atoms with Crippen LogP contribution in [0.5, 0.6) is 0 Å². The SMILES string of the molecule is CC1NC(c2cccc(Cl)c2)N(CCCS(C)=O)C1=O. The molecule has 1 fully saturated rings. The van der Waals surface area contributed by atoms with Gasteiger partial charge in [-0.25, -0.2) is 0 Å². The Bertz CT molecular complexity index is 524. The zero-order valence-electron chi connectivity index (χ0n) is 11.6. The molecule has 3 atom stereocenters. The first-order valence-corrected chi connectivity index (χ1v) is 8.71. The highest BCUT2D eigenvalue weighted by Gasteiger charge is 2.36. The molecule has 4 nitrogen and oxygen atoms in total. The van der Waals surface area contributed by atoms with E-state index in [1.807, 2.05) is 36.1 Å². The first-order chi connectivity index (χ1) is 9.49. The van der Waals surface area contributed by atoms with Gasteiger partial charge in [-0.15, -0.1) is 0 Å². The topological polar surface area (TPSA) is 49.4 Å². The van der Waals surface area contributed by atoms with E-state index in [0.717, 1.165) is 12.0 Å². The van der Waals surface area contributed by atoms with Crippen molar-refractivity contribution in [2.45, 2.75) is 25.6 Å². The Morgan fingerprint density at radius 3 is 2.85 bits per heavy atom. The summed E-state index contributed by atoms with van der Waals surface area (Å²) in [6.07, 6.45) is 2.27. The van der Waals surface area contributed by atoms with Crippen LogP contribution in [0.4, 0.5) is 0 Å². The van der Waals surface area contributed by atoms with Crippen molar-refractivity contribution in [1.29, 1.82) is 0 Å². The number of halogens is 1. The molecule has 0 aliphatic carbocycles. The number of hydrogen-bond acceptors (Lipinski definition) is 3. The molecule has 1 heterocycles. The zero-order valence-corrected chi connectivity index (χ0v) is 13.2. The third-order valence-electron chi connectivity index (χ3n) is 3.37. The summed E-state index contributed by atoms with van der Waals surface area (Å²) in [5, 5.41) is 3.94. The molecule has 3 unspecified atom stereocenters. The maximum Gasteiger partial charge on any atom is 0.241 e. The molecule has 1 saturated heterocycles. The summed E-state index contributed by atoms with van der Waals surface area (Å²) in [5.74, 6) is 0.692. The molecular formula is C14H19ClN2O2S. The largest absolute Gasteiger partial charge is 0.322 e. The van der Waals surface area contributed by atoms with Crippen LogP contribution in [0.3, 0.4) is 0 Å². The second-order valence-electron chi connectivity index (χ2n) is 5.01. The molecule has 2 rings (SSSR count). The standard InChI is InChI=1S/C14H19ClN2O2S/c1-10-14(18)17(7-4-8-20(2)19)13(16-10)11-5-3-6-12(15)9-11/h3,5-6,9-10,13,16H,4,7-8H2,1-2H3. The molecule has 0 bridgehead atoms. The minimum atomic E-state index is -0.824. The first-order valence-electron chi connectivity index (χ1n) is 6.61. The number of hydrogen-bond donors (Lipinski definition) is 1. The Kier molecular flexibility index (Phi) is 5.18. The molecule has 1 aliphatic heterocycles. The van der Waals surface area contributed by atoms with Crippen molar-refractivity contribution in [3.05, 3.63) is 34.9 Å². The number of carbonyl (C=O) groups excluding carboxylic acids is 1. The molecule has 1 aliphatic rings. The van der Waals surface area contributed by atoms with Crippen LogP contribution in [0.25, 0.3) is 0 Å². The van der Waals surface area contributed by atoms with Gasteiger partial charge in [-0.05, 0) is 31.0 Å². The maximum atomic E-state index is 12.2. The van der Waals surface area contributed by atoms with Crippen LogP contribution in [0.2, 0.25) is 5.02 Å². The second-order valence-corrected chi connectivity index (χ2v) is 7.00. The van der Waals surface area contributed by atoms with Gasteiger partial charge in [0.05, 0.1) is 6.04 Å². The van der Waals surface area contributed by atoms with Crippen LogP contribution < -0.4 is 5.32 Å². The lowest BCUT2D eigenvalue weighted by Gasteiger charge is -2.24. The average molecular weight is 315 g/mol. The quantitative estimate of drug-likeness (QED) is 0.903. The second kappa shape index (κ2) is 6.70. The lowest BCUT2D eigenvalue weighted by molar-refractivity contribution is -0.129. The smallest absolute Gasteiger partial charge is 0.241 e. The molecule has 0 radical (unpaired) electrons. The number of carbonyl (C=O) groups is 1. The molecule has 0 spiro atoms. The van der Waals surface area contributed by atoms with E-state index in [9.17, 15) is 9.00 Å².